The lowest BCUT2D eigenvalue weighted by atomic mass is 10.0. The Balaban J connectivity index is 3.52. The van der Waals surface area contributed by atoms with Gasteiger partial charge in [0.1, 0.15) is 0 Å². The SMILES string of the molecule is CCCCCCCCCCCCCCCCC/C=C/C(O)C(CO)NC(=O)CCCCCCCCCCCCOC(=O)CCCCCCCCCCCCCC. The Morgan fingerprint density at radius 2 is 0.821 bits per heavy atom. The molecule has 0 aromatic heterocycles. The second-order valence-electron chi connectivity index (χ2n) is 17.2. The van der Waals surface area contributed by atoms with Crippen molar-refractivity contribution < 1.29 is 24.5 Å². The Bertz CT molecular complexity index is 832. The minimum absolute atomic E-state index is 0.0200. The van der Waals surface area contributed by atoms with E-state index >= 15 is 0 Å². The molecule has 0 saturated heterocycles. The average Bonchev–Trinajstić information content (AvgIpc) is 3.20. The fourth-order valence-corrected chi connectivity index (χ4v) is 7.69. The molecule has 56 heavy (non-hydrogen) atoms. The normalized spacial score (nSPS) is 12.7. The van der Waals surface area contributed by atoms with Crippen molar-refractivity contribution in [3.05, 3.63) is 12.2 Å². The van der Waals surface area contributed by atoms with Gasteiger partial charge < -0.3 is 20.3 Å². The maximum absolute atomic E-state index is 12.4. The highest BCUT2D eigenvalue weighted by molar-refractivity contribution is 5.76. The predicted octanol–water partition coefficient (Wildman–Crippen LogP) is 14.6. The molecule has 332 valence electrons. The molecule has 0 aliphatic heterocycles. The van der Waals surface area contributed by atoms with Crippen LogP contribution >= 0.6 is 0 Å². The van der Waals surface area contributed by atoms with Gasteiger partial charge in [0.05, 0.1) is 25.4 Å². The minimum atomic E-state index is -0.857. The first-order valence-electron chi connectivity index (χ1n) is 25.0. The Kier molecular flexibility index (Phi) is 45.1. The number of carbonyl (C=O) groups is 2. The molecule has 0 fully saturated rings. The molecular formula is C50H97NO5. The molecule has 6 nitrogen and oxygen atoms in total. The van der Waals surface area contributed by atoms with Crippen LogP contribution in [-0.4, -0.2) is 47.4 Å². The van der Waals surface area contributed by atoms with Gasteiger partial charge in [0.25, 0.3) is 0 Å². The molecule has 0 aromatic carbocycles. The lowest BCUT2D eigenvalue weighted by Crippen LogP contribution is -2.45. The van der Waals surface area contributed by atoms with Crippen molar-refractivity contribution in [2.24, 2.45) is 0 Å². The van der Waals surface area contributed by atoms with Crippen LogP contribution in [0, 0.1) is 0 Å². The van der Waals surface area contributed by atoms with Gasteiger partial charge in [-0.05, 0) is 32.1 Å². The van der Waals surface area contributed by atoms with Crippen LogP contribution in [0.15, 0.2) is 12.2 Å². The third-order valence-corrected chi connectivity index (χ3v) is 11.6. The number of aliphatic hydroxyl groups excluding tert-OH is 2. The average molecular weight is 792 g/mol. The maximum Gasteiger partial charge on any atom is 0.305 e. The number of ether oxygens (including phenoxy) is 1. The summed E-state index contributed by atoms with van der Waals surface area (Å²) in [4.78, 5) is 24.4. The van der Waals surface area contributed by atoms with E-state index in [0.29, 0.717) is 19.4 Å². The summed E-state index contributed by atoms with van der Waals surface area (Å²) in [6.45, 7) is 4.85. The number of allylic oxidation sites excluding steroid dienone is 1. The number of hydrogen-bond donors (Lipinski definition) is 3. The van der Waals surface area contributed by atoms with Crippen molar-refractivity contribution in [3.8, 4) is 0 Å². The van der Waals surface area contributed by atoms with Gasteiger partial charge in [0.15, 0.2) is 0 Å². The van der Waals surface area contributed by atoms with E-state index < -0.39 is 12.1 Å². The molecule has 0 aromatic rings. The lowest BCUT2D eigenvalue weighted by molar-refractivity contribution is -0.143. The van der Waals surface area contributed by atoms with Gasteiger partial charge in [0.2, 0.25) is 5.91 Å². The van der Waals surface area contributed by atoms with Crippen molar-refractivity contribution in [1.29, 1.82) is 0 Å². The molecule has 0 radical (unpaired) electrons. The third-order valence-electron chi connectivity index (χ3n) is 11.6. The van der Waals surface area contributed by atoms with Crippen LogP contribution in [0.1, 0.15) is 271 Å². The molecule has 6 heteroatoms. The van der Waals surface area contributed by atoms with E-state index in [1.165, 1.54) is 186 Å². The molecular weight excluding hydrogens is 695 g/mol. The van der Waals surface area contributed by atoms with Gasteiger partial charge in [0, 0.05) is 12.8 Å². The molecule has 2 unspecified atom stereocenters. The molecule has 0 spiro atoms. The molecule has 1 amide bonds. The van der Waals surface area contributed by atoms with Crippen LogP contribution in [0.3, 0.4) is 0 Å². The van der Waals surface area contributed by atoms with E-state index in [4.69, 9.17) is 4.74 Å². The summed E-state index contributed by atoms with van der Waals surface area (Å²) in [6, 6.07) is -0.643. The molecule has 0 aliphatic carbocycles. The highest BCUT2D eigenvalue weighted by atomic mass is 16.5. The first-order valence-corrected chi connectivity index (χ1v) is 25.0. The monoisotopic (exact) mass is 792 g/mol. The Morgan fingerprint density at radius 3 is 1.21 bits per heavy atom. The van der Waals surface area contributed by atoms with Gasteiger partial charge in [-0.3, -0.25) is 9.59 Å². The van der Waals surface area contributed by atoms with Crippen LogP contribution in [0.2, 0.25) is 0 Å². The third kappa shape index (κ3) is 42.2. The van der Waals surface area contributed by atoms with E-state index in [2.05, 4.69) is 19.2 Å². The van der Waals surface area contributed by atoms with Gasteiger partial charge >= 0.3 is 5.97 Å². The number of rotatable bonds is 46. The summed E-state index contributed by atoms with van der Waals surface area (Å²) in [7, 11) is 0. The predicted molar refractivity (Wildman–Crippen MR) is 241 cm³/mol. The molecule has 0 aliphatic rings. The Morgan fingerprint density at radius 1 is 0.482 bits per heavy atom. The topological polar surface area (TPSA) is 95.9 Å². The maximum atomic E-state index is 12.4. The highest BCUT2D eigenvalue weighted by Gasteiger charge is 2.18. The van der Waals surface area contributed by atoms with Crippen molar-refractivity contribution in [3.63, 3.8) is 0 Å². The number of unbranched alkanes of at least 4 members (excludes halogenated alkanes) is 35. The summed E-state index contributed by atoms with van der Waals surface area (Å²) < 4.78 is 5.44. The van der Waals surface area contributed by atoms with E-state index in [0.717, 1.165) is 57.8 Å². The largest absolute Gasteiger partial charge is 0.466 e. The summed E-state index contributed by atoms with van der Waals surface area (Å²) in [5.74, 6) is -0.109. The summed E-state index contributed by atoms with van der Waals surface area (Å²) in [5.41, 5.74) is 0. The first-order chi connectivity index (χ1) is 27.5. The quantitative estimate of drug-likeness (QED) is 0.0324. The van der Waals surface area contributed by atoms with Crippen molar-refractivity contribution in [2.75, 3.05) is 13.2 Å². The van der Waals surface area contributed by atoms with Crippen LogP contribution in [0.5, 0.6) is 0 Å². The number of carbonyl (C=O) groups excluding carboxylic acids is 2. The fraction of sp³-hybridized carbons (Fsp3) is 0.920. The van der Waals surface area contributed by atoms with Gasteiger partial charge in [-0.1, -0.05) is 238 Å². The molecule has 0 heterocycles. The summed E-state index contributed by atoms with van der Waals surface area (Å²) in [5, 5.41) is 23.1. The molecule has 2 atom stereocenters. The van der Waals surface area contributed by atoms with Gasteiger partial charge in [-0.25, -0.2) is 0 Å². The molecule has 3 N–H and O–H groups in total. The highest BCUT2D eigenvalue weighted by Crippen LogP contribution is 2.16. The zero-order valence-electron chi connectivity index (χ0n) is 37.6. The Hall–Kier alpha value is -1.40. The minimum Gasteiger partial charge on any atom is -0.466 e. The molecule has 0 rings (SSSR count). The van der Waals surface area contributed by atoms with E-state index in [1.807, 2.05) is 6.08 Å². The van der Waals surface area contributed by atoms with Crippen LogP contribution in [-0.2, 0) is 14.3 Å². The fourth-order valence-electron chi connectivity index (χ4n) is 7.69. The van der Waals surface area contributed by atoms with Crippen LogP contribution < -0.4 is 5.32 Å². The van der Waals surface area contributed by atoms with Crippen LogP contribution in [0.4, 0.5) is 0 Å². The van der Waals surface area contributed by atoms with E-state index in [1.54, 1.807) is 6.08 Å². The molecule has 0 bridgehead atoms. The summed E-state index contributed by atoms with van der Waals surface area (Å²) in [6.07, 6.45) is 52.0. The van der Waals surface area contributed by atoms with Crippen molar-refractivity contribution in [2.45, 2.75) is 283 Å². The van der Waals surface area contributed by atoms with Gasteiger partial charge in [-0.2, -0.15) is 0 Å². The number of amides is 1. The molecule has 0 saturated carbocycles. The Labute approximate surface area is 349 Å². The van der Waals surface area contributed by atoms with Crippen LogP contribution in [0.25, 0.3) is 0 Å². The first kappa shape index (κ1) is 54.6. The second kappa shape index (κ2) is 46.3. The second-order valence-corrected chi connectivity index (χ2v) is 17.2. The zero-order chi connectivity index (χ0) is 40.8. The standard InChI is InChI=1S/C50H97NO5/c1-3-5-7-9-11-13-15-17-18-19-20-21-22-26-30-34-38-42-48(53)47(46-52)51-49(54)43-39-35-31-27-24-25-29-33-37-41-45-56-50(55)44-40-36-32-28-23-16-14-12-10-8-6-4-2/h38,42,47-48,52-53H,3-37,39-41,43-46H2,1-2H3,(H,51,54)/b42-38+. The zero-order valence-corrected chi connectivity index (χ0v) is 37.6. The van der Waals surface area contributed by atoms with E-state index in [-0.39, 0.29) is 18.5 Å². The number of esters is 1. The number of hydrogen-bond acceptors (Lipinski definition) is 5. The lowest BCUT2D eigenvalue weighted by Gasteiger charge is -2.20. The summed E-state index contributed by atoms with van der Waals surface area (Å²) >= 11 is 0. The number of aliphatic hydroxyl groups is 2. The smallest absolute Gasteiger partial charge is 0.305 e. The van der Waals surface area contributed by atoms with Gasteiger partial charge in [-0.15, -0.1) is 0 Å². The van der Waals surface area contributed by atoms with Crippen molar-refractivity contribution >= 4 is 11.9 Å². The number of nitrogens with one attached hydrogen (secondary N) is 1. The van der Waals surface area contributed by atoms with E-state index in [9.17, 15) is 19.8 Å². The van der Waals surface area contributed by atoms with Crippen molar-refractivity contribution in [1.82, 2.24) is 5.32 Å².